The molecule has 0 saturated heterocycles. The van der Waals surface area contributed by atoms with Crippen molar-refractivity contribution in [2.24, 2.45) is 11.7 Å². The Balaban J connectivity index is 1.64. The lowest BCUT2D eigenvalue weighted by Gasteiger charge is -2.07. The first-order valence-electron chi connectivity index (χ1n) is 5.49. The molecule has 1 atom stereocenters. The molecule has 1 aliphatic carbocycles. The van der Waals surface area contributed by atoms with Crippen LogP contribution >= 0.6 is 11.3 Å². The lowest BCUT2D eigenvalue weighted by Crippen LogP contribution is -2.22. The zero-order valence-corrected chi connectivity index (χ0v) is 9.41. The molecule has 2 aromatic rings. The second-order valence-electron chi connectivity index (χ2n) is 4.37. The Morgan fingerprint density at radius 3 is 3.20 bits per heavy atom. The molecule has 1 fully saturated rings. The monoisotopic (exact) mass is 221 g/mol. The minimum atomic E-state index is 0.393. The topological polar surface area (TPSA) is 43.3 Å². The number of nitrogens with zero attached hydrogens (tertiary/aromatic N) is 2. The summed E-state index contributed by atoms with van der Waals surface area (Å²) in [6.45, 7) is 0. The fourth-order valence-corrected chi connectivity index (χ4v) is 2.69. The summed E-state index contributed by atoms with van der Waals surface area (Å²) in [5.41, 5.74) is 7.24. The molecule has 1 unspecified atom stereocenters. The van der Waals surface area contributed by atoms with E-state index in [1.807, 2.05) is 0 Å². The van der Waals surface area contributed by atoms with Crippen molar-refractivity contribution in [3.05, 3.63) is 23.5 Å². The molecule has 1 saturated carbocycles. The van der Waals surface area contributed by atoms with Gasteiger partial charge < -0.3 is 5.73 Å². The molecule has 0 bridgehead atoms. The average molecular weight is 221 g/mol. The van der Waals surface area contributed by atoms with Crippen molar-refractivity contribution >= 4 is 16.3 Å². The molecule has 3 nitrogen and oxygen atoms in total. The number of thiazole rings is 1. The Morgan fingerprint density at radius 1 is 1.60 bits per heavy atom. The van der Waals surface area contributed by atoms with Crippen LogP contribution in [0.15, 0.2) is 17.8 Å². The highest BCUT2D eigenvalue weighted by atomic mass is 32.1. The number of aromatic nitrogens is 2. The van der Waals surface area contributed by atoms with Crippen LogP contribution in [0.5, 0.6) is 0 Å². The Morgan fingerprint density at radius 2 is 2.47 bits per heavy atom. The summed E-state index contributed by atoms with van der Waals surface area (Å²) in [6.07, 6.45) is 8.93. The van der Waals surface area contributed by atoms with Crippen LogP contribution in [0.2, 0.25) is 0 Å². The first-order valence-corrected chi connectivity index (χ1v) is 6.37. The van der Waals surface area contributed by atoms with Gasteiger partial charge in [0.05, 0.1) is 5.69 Å². The molecule has 2 heterocycles. The summed E-state index contributed by atoms with van der Waals surface area (Å²) in [4.78, 5) is 5.64. The molecule has 3 rings (SSSR count). The third kappa shape index (κ3) is 1.92. The highest BCUT2D eigenvalue weighted by Gasteiger charge is 2.28. The number of fused-ring (bicyclic) bond motifs is 1. The van der Waals surface area contributed by atoms with E-state index < -0.39 is 0 Å². The lowest BCUT2D eigenvalue weighted by atomic mass is 10.1. The van der Waals surface area contributed by atoms with Crippen LogP contribution in [0.1, 0.15) is 25.0 Å². The summed E-state index contributed by atoms with van der Waals surface area (Å²) < 4.78 is 2.09. The van der Waals surface area contributed by atoms with Gasteiger partial charge in [0, 0.05) is 23.8 Å². The molecular formula is C11H15N3S. The maximum atomic E-state index is 6.06. The summed E-state index contributed by atoms with van der Waals surface area (Å²) >= 11 is 1.68. The van der Waals surface area contributed by atoms with Crippen LogP contribution in [0.4, 0.5) is 0 Å². The number of nitrogens with two attached hydrogens (primary N) is 1. The highest BCUT2D eigenvalue weighted by Crippen LogP contribution is 2.33. The molecular weight excluding hydrogens is 206 g/mol. The van der Waals surface area contributed by atoms with Gasteiger partial charge in [0.25, 0.3) is 0 Å². The largest absolute Gasteiger partial charge is 0.327 e. The summed E-state index contributed by atoms with van der Waals surface area (Å²) in [6, 6.07) is 0.393. The van der Waals surface area contributed by atoms with Gasteiger partial charge in [0.15, 0.2) is 4.96 Å². The predicted molar refractivity (Wildman–Crippen MR) is 62.1 cm³/mol. The first-order chi connectivity index (χ1) is 7.33. The quantitative estimate of drug-likeness (QED) is 0.859. The Labute approximate surface area is 92.9 Å². The maximum absolute atomic E-state index is 6.06. The van der Waals surface area contributed by atoms with E-state index in [4.69, 9.17) is 5.73 Å². The summed E-state index contributed by atoms with van der Waals surface area (Å²) in [5.74, 6) is 0.800. The minimum Gasteiger partial charge on any atom is -0.327 e. The molecule has 80 valence electrons. The van der Waals surface area contributed by atoms with E-state index in [-0.39, 0.29) is 0 Å². The Kier molecular flexibility index (Phi) is 2.25. The average Bonchev–Trinajstić information content (AvgIpc) is 2.86. The SMILES string of the molecule is NC(CCc1cn2ccsc2n1)C1CC1. The van der Waals surface area contributed by atoms with E-state index in [1.165, 1.54) is 18.5 Å². The molecule has 0 aromatic carbocycles. The van der Waals surface area contributed by atoms with Gasteiger partial charge in [-0.15, -0.1) is 11.3 Å². The number of rotatable bonds is 4. The molecule has 4 heteroatoms. The highest BCUT2D eigenvalue weighted by molar-refractivity contribution is 7.15. The third-order valence-corrected chi connectivity index (χ3v) is 3.88. The number of hydrogen-bond acceptors (Lipinski definition) is 3. The van der Waals surface area contributed by atoms with Gasteiger partial charge in [-0.1, -0.05) is 0 Å². The third-order valence-electron chi connectivity index (χ3n) is 3.10. The fraction of sp³-hybridized carbons (Fsp3) is 0.545. The standard InChI is InChI=1S/C11H15N3S/c12-10(8-1-2-8)4-3-9-7-14-5-6-15-11(14)13-9/h5-8,10H,1-4,12H2. The van der Waals surface area contributed by atoms with Crippen molar-refractivity contribution in [1.29, 1.82) is 0 Å². The van der Waals surface area contributed by atoms with Crippen molar-refractivity contribution in [3.63, 3.8) is 0 Å². The van der Waals surface area contributed by atoms with Gasteiger partial charge in [-0.05, 0) is 31.6 Å². The van der Waals surface area contributed by atoms with Crippen molar-refractivity contribution < 1.29 is 0 Å². The van der Waals surface area contributed by atoms with Crippen molar-refractivity contribution in [3.8, 4) is 0 Å². The van der Waals surface area contributed by atoms with Gasteiger partial charge in [0.2, 0.25) is 0 Å². The molecule has 15 heavy (non-hydrogen) atoms. The molecule has 2 aromatic heterocycles. The van der Waals surface area contributed by atoms with E-state index in [1.54, 1.807) is 11.3 Å². The zero-order valence-electron chi connectivity index (χ0n) is 8.60. The normalized spacial score (nSPS) is 18.5. The van der Waals surface area contributed by atoms with E-state index >= 15 is 0 Å². The van der Waals surface area contributed by atoms with Crippen LogP contribution in [-0.4, -0.2) is 15.4 Å². The fourth-order valence-electron chi connectivity index (χ4n) is 1.97. The molecule has 0 radical (unpaired) electrons. The number of imidazole rings is 1. The van der Waals surface area contributed by atoms with Crippen LogP contribution in [-0.2, 0) is 6.42 Å². The van der Waals surface area contributed by atoms with Crippen molar-refractivity contribution in [2.75, 3.05) is 0 Å². The molecule has 1 aliphatic rings. The van der Waals surface area contributed by atoms with Gasteiger partial charge >= 0.3 is 0 Å². The van der Waals surface area contributed by atoms with E-state index in [0.717, 1.165) is 23.7 Å². The Hall–Kier alpha value is -0.870. The number of hydrogen-bond donors (Lipinski definition) is 1. The minimum absolute atomic E-state index is 0.393. The van der Waals surface area contributed by atoms with Crippen molar-refractivity contribution in [1.82, 2.24) is 9.38 Å². The Bertz CT molecular complexity index is 427. The zero-order chi connectivity index (χ0) is 10.3. The van der Waals surface area contributed by atoms with Gasteiger partial charge in [-0.25, -0.2) is 4.98 Å². The van der Waals surface area contributed by atoms with Gasteiger partial charge in [-0.3, -0.25) is 4.40 Å². The maximum Gasteiger partial charge on any atom is 0.193 e. The lowest BCUT2D eigenvalue weighted by molar-refractivity contribution is 0.547. The second-order valence-corrected chi connectivity index (χ2v) is 5.24. The van der Waals surface area contributed by atoms with E-state index in [2.05, 4.69) is 27.2 Å². The molecule has 0 aliphatic heterocycles. The van der Waals surface area contributed by atoms with E-state index in [0.29, 0.717) is 6.04 Å². The molecule has 2 N–H and O–H groups in total. The van der Waals surface area contributed by atoms with Crippen LogP contribution in [0, 0.1) is 5.92 Å². The van der Waals surface area contributed by atoms with Crippen LogP contribution < -0.4 is 5.73 Å². The predicted octanol–water partition coefficient (Wildman–Crippen LogP) is 2.07. The molecule has 0 spiro atoms. The summed E-state index contributed by atoms with van der Waals surface area (Å²) in [5, 5.41) is 2.06. The summed E-state index contributed by atoms with van der Waals surface area (Å²) in [7, 11) is 0. The smallest absolute Gasteiger partial charge is 0.193 e. The van der Waals surface area contributed by atoms with Crippen LogP contribution in [0.3, 0.4) is 0 Å². The van der Waals surface area contributed by atoms with Crippen LogP contribution in [0.25, 0.3) is 4.96 Å². The van der Waals surface area contributed by atoms with Crippen molar-refractivity contribution in [2.45, 2.75) is 31.7 Å². The van der Waals surface area contributed by atoms with Gasteiger partial charge in [-0.2, -0.15) is 0 Å². The molecule has 0 amide bonds. The van der Waals surface area contributed by atoms with E-state index in [9.17, 15) is 0 Å². The van der Waals surface area contributed by atoms with Gasteiger partial charge in [0.1, 0.15) is 0 Å². The number of aryl methyl sites for hydroxylation is 1. The second kappa shape index (κ2) is 3.61. The first kappa shape index (κ1) is 9.36.